The summed E-state index contributed by atoms with van der Waals surface area (Å²) in [5.74, 6) is 2.03. The van der Waals surface area contributed by atoms with Gasteiger partial charge in [-0.15, -0.1) is 0 Å². The van der Waals surface area contributed by atoms with Gasteiger partial charge in [0.1, 0.15) is 17.0 Å². The second-order valence-corrected chi connectivity index (χ2v) is 9.53. The minimum absolute atomic E-state index is 0.261. The number of aromatic nitrogens is 1. The fourth-order valence-electron chi connectivity index (χ4n) is 3.99. The highest BCUT2D eigenvalue weighted by atomic mass is 35.5. The highest BCUT2D eigenvalue weighted by Gasteiger charge is 2.11. The Kier molecular flexibility index (Phi) is 6.97. The molecule has 0 spiro atoms. The molecule has 5 nitrogen and oxygen atoms in total. The normalized spacial score (nSPS) is 12.3. The van der Waals surface area contributed by atoms with Crippen LogP contribution in [0.4, 0.5) is 5.69 Å². The molecule has 0 aliphatic rings. The lowest BCUT2D eigenvalue weighted by Gasteiger charge is -2.07. The number of aryl methyl sites for hydroxylation is 1. The molecule has 2 heterocycles. The molecule has 1 amide bonds. The summed E-state index contributed by atoms with van der Waals surface area (Å²) in [6, 6.07) is 23.0. The van der Waals surface area contributed by atoms with Crippen molar-refractivity contribution in [2.24, 2.45) is 0 Å². The van der Waals surface area contributed by atoms with Gasteiger partial charge in [-0.1, -0.05) is 43.6 Å². The van der Waals surface area contributed by atoms with Crippen LogP contribution in [0.5, 0.6) is 0 Å². The molecule has 5 aromatic rings. The summed E-state index contributed by atoms with van der Waals surface area (Å²) in [6.45, 7) is 6.33. The fourth-order valence-corrected chi connectivity index (χ4v) is 4.17. The first-order valence-electron chi connectivity index (χ1n) is 12.3. The van der Waals surface area contributed by atoms with Gasteiger partial charge in [-0.3, -0.25) is 4.79 Å². The van der Waals surface area contributed by atoms with Gasteiger partial charge in [0.05, 0.1) is 0 Å². The minimum atomic E-state index is -0.261. The van der Waals surface area contributed by atoms with E-state index in [-0.39, 0.29) is 5.91 Å². The van der Waals surface area contributed by atoms with Crippen LogP contribution in [0.1, 0.15) is 43.1 Å². The predicted molar refractivity (Wildman–Crippen MR) is 150 cm³/mol. The molecule has 0 radical (unpaired) electrons. The third-order valence-corrected chi connectivity index (χ3v) is 6.88. The Bertz CT molecular complexity index is 1590. The van der Waals surface area contributed by atoms with Crippen LogP contribution in [0.3, 0.4) is 0 Å². The van der Waals surface area contributed by atoms with Crippen molar-refractivity contribution in [1.29, 1.82) is 0 Å². The number of hydrogen-bond acceptors (Lipinski definition) is 4. The van der Waals surface area contributed by atoms with E-state index in [1.165, 1.54) is 11.6 Å². The first-order valence-corrected chi connectivity index (χ1v) is 12.6. The topological polar surface area (TPSA) is 68.3 Å². The van der Waals surface area contributed by atoms with Crippen molar-refractivity contribution in [1.82, 2.24) is 4.98 Å². The van der Waals surface area contributed by atoms with Gasteiger partial charge >= 0.3 is 0 Å². The molecular weight excluding hydrogens is 484 g/mol. The second kappa shape index (κ2) is 10.5. The average Bonchev–Trinajstić information content (AvgIpc) is 3.56. The lowest BCUT2D eigenvalue weighted by molar-refractivity contribution is -0.111. The average molecular weight is 511 g/mol. The highest BCUT2D eigenvalue weighted by Crippen LogP contribution is 2.29. The van der Waals surface area contributed by atoms with E-state index in [1.54, 1.807) is 6.08 Å². The first kappa shape index (κ1) is 24.6. The lowest BCUT2D eigenvalue weighted by atomic mass is 9.98. The number of carbonyl (C=O) groups excluding carboxylic acids is 1. The van der Waals surface area contributed by atoms with Gasteiger partial charge < -0.3 is 14.2 Å². The zero-order chi connectivity index (χ0) is 25.9. The molecule has 0 saturated carbocycles. The van der Waals surface area contributed by atoms with Crippen molar-refractivity contribution >= 4 is 40.4 Å². The van der Waals surface area contributed by atoms with E-state index in [0.29, 0.717) is 34.0 Å². The molecule has 1 N–H and O–H groups in total. The summed E-state index contributed by atoms with van der Waals surface area (Å²) >= 11 is 6.22. The van der Waals surface area contributed by atoms with Crippen LogP contribution in [0.2, 0.25) is 5.02 Å². The van der Waals surface area contributed by atoms with Gasteiger partial charge in [-0.2, -0.15) is 0 Å². The standard InChI is InChI=1S/C31H27ClN2O3/c1-4-19(2)22-9-14-29-27(18-22)34-31(37-29)21-7-10-24(11-8-21)33-30(35)16-13-25-12-15-28(36-25)23-6-5-20(3)26(32)17-23/h5-19H,4H2,1-3H3,(H,33,35)/b16-13+/t19-/m1/s1. The molecule has 37 heavy (non-hydrogen) atoms. The minimum Gasteiger partial charge on any atom is -0.457 e. The van der Waals surface area contributed by atoms with Crippen LogP contribution in [0.25, 0.3) is 40.0 Å². The molecule has 0 aliphatic carbocycles. The van der Waals surface area contributed by atoms with Crippen LogP contribution in [0.15, 0.2) is 87.7 Å². The number of rotatable bonds is 7. The van der Waals surface area contributed by atoms with Crippen LogP contribution in [-0.2, 0) is 4.79 Å². The Morgan fingerprint density at radius 1 is 1.00 bits per heavy atom. The van der Waals surface area contributed by atoms with E-state index in [9.17, 15) is 4.79 Å². The third-order valence-electron chi connectivity index (χ3n) is 6.47. The zero-order valence-corrected chi connectivity index (χ0v) is 21.7. The van der Waals surface area contributed by atoms with Crippen molar-refractivity contribution < 1.29 is 13.6 Å². The van der Waals surface area contributed by atoms with Gasteiger partial charge in [0.25, 0.3) is 0 Å². The van der Waals surface area contributed by atoms with E-state index < -0.39 is 0 Å². The molecular formula is C31H27ClN2O3. The molecule has 0 saturated heterocycles. The van der Waals surface area contributed by atoms with Gasteiger partial charge in [-0.05, 0) is 91.1 Å². The van der Waals surface area contributed by atoms with Crippen molar-refractivity contribution in [2.45, 2.75) is 33.1 Å². The monoisotopic (exact) mass is 510 g/mol. The van der Waals surface area contributed by atoms with Crippen LogP contribution < -0.4 is 5.32 Å². The SMILES string of the molecule is CC[C@@H](C)c1ccc2oc(-c3ccc(NC(=O)/C=C/c4ccc(-c5ccc(C)c(Cl)c5)o4)cc3)nc2c1. The summed E-state index contributed by atoms with van der Waals surface area (Å²) in [7, 11) is 0. The maximum Gasteiger partial charge on any atom is 0.248 e. The number of anilines is 1. The Morgan fingerprint density at radius 3 is 2.54 bits per heavy atom. The Morgan fingerprint density at radius 2 is 1.78 bits per heavy atom. The van der Waals surface area contributed by atoms with Gasteiger partial charge in [-0.25, -0.2) is 4.98 Å². The summed E-state index contributed by atoms with van der Waals surface area (Å²) in [5.41, 5.74) is 6.27. The Balaban J connectivity index is 1.23. The first-order chi connectivity index (χ1) is 17.9. The third kappa shape index (κ3) is 5.52. The second-order valence-electron chi connectivity index (χ2n) is 9.12. The quantitative estimate of drug-likeness (QED) is 0.222. The molecule has 5 rings (SSSR count). The maximum absolute atomic E-state index is 12.4. The molecule has 1 atom stereocenters. The van der Waals surface area contributed by atoms with Crippen LogP contribution in [-0.4, -0.2) is 10.9 Å². The summed E-state index contributed by atoms with van der Waals surface area (Å²) in [6.07, 6.45) is 4.15. The molecule has 0 aliphatic heterocycles. The van der Waals surface area contributed by atoms with Gasteiger partial charge in [0.15, 0.2) is 5.58 Å². The molecule has 2 aromatic heterocycles. The van der Waals surface area contributed by atoms with E-state index in [1.807, 2.05) is 67.6 Å². The van der Waals surface area contributed by atoms with Crippen molar-refractivity contribution in [3.8, 4) is 22.8 Å². The fraction of sp³-hybridized carbons (Fsp3) is 0.161. The molecule has 0 bridgehead atoms. The smallest absolute Gasteiger partial charge is 0.248 e. The number of nitrogens with zero attached hydrogens (tertiary/aromatic N) is 1. The van der Waals surface area contributed by atoms with Crippen molar-refractivity contribution in [3.05, 3.63) is 101 Å². The summed E-state index contributed by atoms with van der Waals surface area (Å²) in [4.78, 5) is 17.1. The highest BCUT2D eigenvalue weighted by molar-refractivity contribution is 6.31. The Labute approximate surface area is 220 Å². The number of fused-ring (bicyclic) bond motifs is 1. The molecule has 3 aromatic carbocycles. The number of oxazole rings is 1. The number of halogens is 1. The number of carbonyl (C=O) groups is 1. The van der Waals surface area contributed by atoms with Crippen LogP contribution >= 0.6 is 11.6 Å². The van der Waals surface area contributed by atoms with E-state index in [2.05, 4.69) is 36.3 Å². The van der Waals surface area contributed by atoms with Crippen molar-refractivity contribution in [3.63, 3.8) is 0 Å². The van der Waals surface area contributed by atoms with E-state index in [4.69, 9.17) is 20.4 Å². The molecule has 0 fully saturated rings. The number of furan rings is 1. The molecule has 6 heteroatoms. The maximum atomic E-state index is 12.4. The van der Waals surface area contributed by atoms with Crippen LogP contribution in [0, 0.1) is 6.92 Å². The number of hydrogen-bond donors (Lipinski definition) is 1. The number of nitrogens with one attached hydrogen (secondary N) is 1. The van der Waals surface area contributed by atoms with E-state index in [0.717, 1.165) is 34.2 Å². The zero-order valence-electron chi connectivity index (χ0n) is 20.9. The predicted octanol–water partition coefficient (Wildman–Crippen LogP) is 8.88. The Hall–Kier alpha value is -4.09. The number of amides is 1. The summed E-state index contributed by atoms with van der Waals surface area (Å²) in [5, 5.41) is 3.54. The summed E-state index contributed by atoms with van der Waals surface area (Å²) < 4.78 is 11.8. The van der Waals surface area contributed by atoms with Gasteiger partial charge in [0.2, 0.25) is 11.8 Å². The molecule has 0 unspecified atom stereocenters. The van der Waals surface area contributed by atoms with E-state index >= 15 is 0 Å². The largest absolute Gasteiger partial charge is 0.457 e. The van der Waals surface area contributed by atoms with Crippen molar-refractivity contribution in [2.75, 3.05) is 5.32 Å². The number of benzene rings is 3. The van der Waals surface area contributed by atoms with Gasteiger partial charge in [0, 0.05) is 27.9 Å². The molecule has 186 valence electrons. The lowest BCUT2D eigenvalue weighted by Crippen LogP contribution is -2.07.